The van der Waals surface area contributed by atoms with Crippen molar-refractivity contribution in [1.82, 2.24) is 5.32 Å². The van der Waals surface area contributed by atoms with Gasteiger partial charge in [-0.3, -0.25) is 9.59 Å². The van der Waals surface area contributed by atoms with E-state index in [1.165, 1.54) is 18.2 Å². The Morgan fingerprint density at radius 3 is 2.62 bits per heavy atom. The first kappa shape index (κ1) is 15.4. The quantitative estimate of drug-likeness (QED) is 0.738. The van der Waals surface area contributed by atoms with Gasteiger partial charge in [-0.05, 0) is 25.0 Å². The number of halogens is 1. The first-order chi connectivity index (χ1) is 10.1. The highest BCUT2D eigenvalue weighted by molar-refractivity contribution is 6.39. The summed E-state index contributed by atoms with van der Waals surface area (Å²) in [7, 11) is 0. The zero-order chi connectivity index (χ0) is 15.2. The van der Waals surface area contributed by atoms with Crippen LogP contribution in [0.5, 0.6) is 0 Å². The third-order valence-electron chi connectivity index (χ3n) is 3.72. The first-order valence-corrected chi connectivity index (χ1v) is 7.09. The van der Waals surface area contributed by atoms with Crippen molar-refractivity contribution < 1.29 is 19.1 Å². The van der Waals surface area contributed by atoms with Crippen molar-refractivity contribution >= 4 is 17.5 Å². The van der Waals surface area contributed by atoms with Crippen LogP contribution in [0.4, 0.5) is 10.1 Å². The normalized spacial score (nSPS) is 21.6. The SMILES string of the molecule is O=C(NCC1CCCCC1O)C(=O)Nc1ccccc1F. The molecule has 5 nitrogen and oxygen atoms in total. The molecule has 21 heavy (non-hydrogen) atoms. The van der Waals surface area contributed by atoms with Gasteiger partial charge in [0.2, 0.25) is 0 Å². The number of aliphatic hydroxyl groups excluding tert-OH is 1. The van der Waals surface area contributed by atoms with E-state index < -0.39 is 23.7 Å². The molecule has 1 aromatic carbocycles. The highest BCUT2D eigenvalue weighted by Crippen LogP contribution is 2.23. The molecule has 6 heteroatoms. The van der Waals surface area contributed by atoms with Gasteiger partial charge >= 0.3 is 11.8 Å². The van der Waals surface area contributed by atoms with Gasteiger partial charge in [-0.15, -0.1) is 0 Å². The Morgan fingerprint density at radius 2 is 1.90 bits per heavy atom. The second-order valence-electron chi connectivity index (χ2n) is 5.26. The van der Waals surface area contributed by atoms with E-state index in [9.17, 15) is 19.1 Å². The number of benzene rings is 1. The summed E-state index contributed by atoms with van der Waals surface area (Å²) in [5.74, 6) is -2.35. The van der Waals surface area contributed by atoms with Crippen molar-refractivity contribution in [3.05, 3.63) is 30.1 Å². The molecule has 0 heterocycles. The average molecular weight is 294 g/mol. The van der Waals surface area contributed by atoms with E-state index in [1.807, 2.05) is 0 Å². The molecule has 1 aromatic rings. The van der Waals surface area contributed by atoms with Gasteiger partial charge in [0, 0.05) is 12.5 Å². The minimum atomic E-state index is -0.912. The van der Waals surface area contributed by atoms with Gasteiger partial charge in [0.25, 0.3) is 0 Å². The van der Waals surface area contributed by atoms with Crippen LogP contribution in [-0.2, 0) is 9.59 Å². The number of hydrogen-bond donors (Lipinski definition) is 3. The molecular weight excluding hydrogens is 275 g/mol. The Labute approximate surface area is 122 Å². The van der Waals surface area contributed by atoms with Gasteiger partial charge in [0.15, 0.2) is 0 Å². The van der Waals surface area contributed by atoms with Gasteiger partial charge in [0.05, 0.1) is 11.8 Å². The molecule has 1 saturated carbocycles. The number of aliphatic hydroxyl groups is 1. The maximum atomic E-state index is 13.4. The van der Waals surface area contributed by atoms with Crippen LogP contribution in [-0.4, -0.2) is 29.6 Å². The molecule has 1 aliphatic carbocycles. The summed E-state index contributed by atoms with van der Waals surface area (Å²) in [6.45, 7) is 0.255. The van der Waals surface area contributed by atoms with E-state index in [4.69, 9.17) is 0 Å². The molecule has 0 aliphatic heterocycles. The summed E-state index contributed by atoms with van der Waals surface area (Å²) >= 11 is 0. The maximum Gasteiger partial charge on any atom is 0.313 e. The van der Waals surface area contributed by atoms with Crippen LogP contribution in [0.3, 0.4) is 0 Å². The number of amides is 2. The largest absolute Gasteiger partial charge is 0.393 e. The van der Waals surface area contributed by atoms with E-state index in [-0.39, 0.29) is 18.2 Å². The zero-order valence-electron chi connectivity index (χ0n) is 11.6. The van der Waals surface area contributed by atoms with E-state index in [2.05, 4.69) is 10.6 Å². The number of carbonyl (C=O) groups is 2. The molecule has 114 valence electrons. The topological polar surface area (TPSA) is 78.4 Å². The lowest BCUT2D eigenvalue weighted by Crippen LogP contribution is -2.41. The molecule has 0 saturated heterocycles. The third kappa shape index (κ3) is 4.26. The molecule has 0 radical (unpaired) electrons. The predicted molar refractivity (Wildman–Crippen MR) is 76.0 cm³/mol. The summed E-state index contributed by atoms with van der Waals surface area (Å²) in [5, 5.41) is 14.5. The lowest BCUT2D eigenvalue weighted by Gasteiger charge is -2.27. The smallest absolute Gasteiger partial charge is 0.313 e. The van der Waals surface area contributed by atoms with Crippen molar-refractivity contribution in [3.63, 3.8) is 0 Å². The molecule has 0 spiro atoms. The van der Waals surface area contributed by atoms with E-state index in [0.717, 1.165) is 25.7 Å². The Hall–Kier alpha value is -1.95. The van der Waals surface area contributed by atoms with Crippen LogP contribution in [0, 0.1) is 11.7 Å². The first-order valence-electron chi connectivity index (χ1n) is 7.09. The minimum Gasteiger partial charge on any atom is -0.393 e. The van der Waals surface area contributed by atoms with Crippen molar-refractivity contribution in [1.29, 1.82) is 0 Å². The molecule has 2 rings (SSSR count). The molecule has 3 N–H and O–H groups in total. The number of carbonyl (C=O) groups excluding carboxylic acids is 2. The summed E-state index contributed by atoms with van der Waals surface area (Å²) in [6, 6.07) is 5.64. The summed E-state index contributed by atoms with van der Waals surface area (Å²) in [6.07, 6.45) is 3.12. The highest BCUT2D eigenvalue weighted by atomic mass is 19.1. The van der Waals surface area contributed by atoms with Crippen LogP contribution in [0.2, 0.25) is 0 Å². The molecule has 2 atom stereocenters. The average Bonchev–Trinajstić information content (AvgIpc) is 2.48. The Morgan fingerprint density at radius 1 is 1.19 bits per heavy atom. The fourth-order valence-electron chi connectivity index (χ4n) is 2.47. The van der Waals surface area contributed by atoms with Gasteiger partial charge in [-0.2, -0.15) is 0 Å². The molecular formula is C15H19FN2O3. The minimum absolute atomic E-state index is 0.0241. The van der Waals surface area contributed by atoms with E-state index >= 15 is 0 Å². The van der Waals surface area contributed by atoms with Crippen LogP contribution in [0.1, 0.15) is 25.7 Å². The molecule has 1 fully saturated rings. The second kappa shape index (κ2) is 7.17. The predicted octanol–water partition coefficient (Wildman–Crippen LogP) is 1.43. The van der Waals surface area contributed by atoms with Gasteiger partial charge in [0.1, 0.15) is 5.82 Å². The zero-order valence-corrected chi connectivity index (χ0v) is 11.6. The molecule has 1 aliphatic rings. The van der Waals surface area contributed by atoms with Crippen LogP contribution >= 0.6 is 0 Å². The Kier molecular flexibility index (Phi) is 5.27. The van der Waals surface area contributed by atoms with Crippen molar-refractivity contribution in [2.75, 3.05) is 11.9 Å². The Bertz CT molecular complexity index is 521. The fourth-order valence-corrected chi connectivity index (χ4v) is 2.47. The number of anilines is 1. The lowest BCUT2D eigenvalue weighted by atomic mass is 9.86. The van der Waals surface area contributed by atoms with Crippen molar-refractivity contribution in [3.8, 4) is 0 Å². The van der Waals surface area contributed by atoms with Crippen LogP contribution in [0.15, 0.2) is 24.3 Å². The molecule has 2 amide bonds. The Balaban J connectivity index is 1.83. The summed E-state index contributed by atoms with van der Waals surface area (Å²) in [5.41, 5.74) is -0.0321. The highest BCUT2D eigenvalue weighted by Gasteiger charge is 2.24. The van der Waals surface area contributed by atoms with Crippen LogP contribution in [0.25, 0.3) is 0 Å². The van der Waals surface area contributed by atoms with Crippen LogP contribution < -0.4 is 10.6 Å². The number of nitrogens with one attached hydrogen (secondary N) is 2. The van der Waals surface area contributed by atoms with E-state index in [0.29, 0.717) is 0 Å². The van der Waals surface area contributed by atoms with E-state index in [1.54, 1.807) is 6.07 Å². The monoisotopic (exact) mass is 294 g/mol. The lowest BCUT2D eigenvalue weighted by molar-refractivity contribution is -0.136. The maximum absolute atomic E-state index is 13.4. The van der Waals surface area contributed by atoms with Crippen molar-refractivity contribution in [2.45, 2.75) is 31.8 Å². The number of para-hydroxylation sites is 1. The second-order valence-corrected chi connectivity index (χ2v) is 5.26. The standard InChI is InChI=1S/C15H19FN2O3/c16-11-6-2-3-7-12(11)18-15(21)14(20)17-9-10-5-1-4-8-13(10)19/h2-3,6-7,10,13,19H,1,4-5,8-9H2,(H,17,20)(H,18,21). The van der Waals surface area contributed by atoms with Gasteiger partial charge in [-0.25, -0.2) is 4.39 Å². The number of rotatable bonds is 3. The van der Waals surface area contributed by atoms with Gasteiger partial charge in [-0.1, -0.05) is 25.0 Å². The summed E-state index contributed by atoms with van der Waals surface area (Å²) < 4.78 is 13.4. The third-order valence-corrected chi connectivity index (χ3v) is 3.72. The molecule has 0 bridgehead atoms. The number of hydrogen-bond acceptors (Lipinski definition) is 3. The summed E-state index contributed by atoms with van der Waals surface area (Å²) in [4.78, 5) is 23.3. The molecule has 2 unspecified atom stereocenters. The fraction of sp³-hybridized carbons (Fsp3) is 0.467. The van der Waals surface area contributed by atoms with Gasteiger partial charge < -0.3 is 15.7 Å². The van der Waals surface area contributed by atoms with Crippen molar-refractivity contribution in [2.24, 2.45) is 5.92 Å². The molecule has 0 aromatic heterocycles.